The monoisotopic (exact) mass is 128 g/mol. The molecule has 0 aromatic carbocycles. The quantitative estimate of drug-likeness (QED) is 0.562. The topological polar surface area (TPSA) is 70.0 Å². The van der Waals surface area contributed by atoms with Gasteiger partial charge in [-0.05, 0) is 13.3 Å². The van der Waals surface area contributed by atoms with Gasteiger partial charge in [0.05, 0.1) is 18.6 Å². The first-order valence-corrected chi connectivity index (χ1v) is 2.97. The second-order valence-electron chi connectivity index (χ2n) is 2.23. The lowest BCUT2D eigenvalue weighted by Gasteiger charge is -2.07. The first kappa shape index (κ1) is 8.41. The van der Waals surface area contributed by atoms with E-state index in [0.717, 1.165) is 0 Å². The van der Waals surface area contributed by atoms with Crippen LogP contribution in [0.15, 0.2) is 0 Å². The molecule has 2 atom stereocenters. The standard InChI is InChI=1S/C6H12N2O/c1-5(8)4-6(9)2-3-7/h5-6,9H,2,4,8H2,1H3. The molecule has 0 bridgehead atoms. The van der Waals surface area contributed by atoms with Crippen molar-refractivity contribution in [2.75, 3.05) is 0 Å². The SMILES string of the molecule is CC(N)CC(O)CC#N. The Bertz CT molecular complexity index is 106. The molecule has 0 saturated carbocycles. The van der Waals surface area contributed by atoms with Gasteiger partial charge >= 0.3 is 0 Å². The summed E-state index contributed by atoms with van der Waals surface area (Å²) in [6.07, 6.45) is 0.143. The molecule has 0 saturated heterocycles. The molecule has 0 radical (unpaired) electrons. The molecule has 52 valence electrons. The third kappa shape index (κ3) is 5.28. The van der Waals surface area contributed by atoms with Crippen molar-refractivity contribution >= 4 is 0 Å². The van der Waals surface area contributed by atoms with Crippen molar-refractivity contribution in [3.05, 3.63) is 0 Å². The summed E-state index contributed by atoms with van der Waals surface area (Å²) in [5.74, 6) is 0. The van der Waals surface area contributed by atoms with Crippen molar-refractivity contribution < 1.29 is 5.11 Å². The Morgan fingerprint density at radius 1 is 1.78 bits per heavy atom. The number of hydrogen-bond donors (Lipinski definition) is 2. The summed E-state index contributed by atoms with van der Waals surface area (Å²) >= 11 is 0. The van der Waals surface area contributed by atoms with Crippen molar-refractivity contribution in [1.29, 1.82) is 5.26 Å². The highest BCUT2D eigenvalue weighted by Gasteiger charge is 2.04. The average molecular weight is 128 g/mol. The van der Waals surface area contributed by atoms with Gasteiger partial charge in [-0.15, -0.1) is 0 Å². The molecule has 0 aliphatic heterocycles. The number of nitriles is 1. The van der Waals surface area contributed by atoms with E-state index in [1.807, 2.05) is 6.07 Å². The molecule has 0 rings (SSSR count). The minimum absolute atomic E-state index is 0.0200. The summed E-state index contributed by atoms with van der Waals surface area (Å²) in [5.41, 5.74) is 5.35. The molecular weight excluding hydrogens is 116 g/mol. The van der Waals surface area contributed by atoms with Crippen molar-refractivity contribution in [1.82, 2.24) is 0 Å². The Balaban J connectivity index is 3.29. The number of aliphatic hydroxyl groups excluding tert-OH is 1. The van der Waals surface area contributed by atoms with Crippen LogP contribution in [-0.2, 0) is 0 Å². The molecule has 2 unspecified atom stereocenters. The van der Waals surface area contributed by atoms with Crippen LogP contribution in [0, 0.1) is 11.3 Å². The molecule has 3 N–H and O–H groups in total. The van der Waals surface area contributed by atoms with Crippen molar-refractivity contribution in [2.45, 2.75) is 31.9 Å². The molecule has 0 aliphatic rings. The van der Waals surface area contributed by atoms with Gasteiger partial charge in [-0.25, -0.2) is 0 Å². The minimum atomic E-state index is -0.546. The summed E-state index contributed by atoms with van der Waals surface area (Å²) in [7, 11) is 0. The van der Waals surface area contributed by atoms with Crippen LogP contribution in [0.25, 0.3) is 0 Å². The Kier molecular flexibility index (Phi) is 4.02. The Hall–Kier alpha value is -0.590. The molecule has 0 heterocycles. The van der Waals surface area contributed by atoms with Crippen LogP contribution in [0.4, 0.5) is 0 Å². The Morgan fingerprint density at radius 2 is 2.33 bits per heavy atom. The number of rotatable bonds is 3. The highest BCUT2D eigenvalue weighted by molar-refractivity contribution is 4.76. The van der Waals surface area contributed by atoms with Gasteiger partial charge < -0.3 is 10.8 Å². The largest absolute Gasteiger partial charge is 0.392 e. The lowest BCUT2D eigenvalue weighted by atomic mass is 10.1. The molecule has 0 fully saturated rings. The Labute approximate surface area is 55.1 Å². The highest BCUT2D eigenvalue weighted by atomic mass is 16.3. The van der Waals surface area contributed by atoms with E-state index in [9.17, 15) is 0 Å². The lowest BCUT2D eigenvalue weighted by molar-refractivity contribution is 0.162. The average Bonchev–Trinajstić information content (AvgIpc) is 1.63. The smallest absolute Gasteiger partial charge is 0.0684 e. The van der Waals surface area contributed by atoms with Gasteiger partial charge in [-0.3, -0.25) is 0 Å². The van der Waals surface area contributed by atoms with Crippen LogP contribution in [-0.4, -0.2) is 17.3 Å². The summed E-state index contributed by atoms with van der Waals surface area (Å²) in [5, 5.41) is 17.0. The summed E-state index contributed by atoms with van der Waals surface area (Å²) < 4.78 is 0. The van der Waals surface area contributed by atoms with E-state index in [0.29, 0.717) is 6.42 Å². The summed E-state index contributed by atoms with van der Waals surface area (Å²) in [6, 6.07) is 1.85. The molecule has 0 spiro atoms. The molecule has 9 heavy (non-hydrogen) atoms. The fourth-order valence-corrected chi connectivity index (χ4v) is 0.618. The minimum Gasteiger partial charge on any atom is -0.392 e. The second-order valence-corrected chi connectivity index (χ2v) is 2.23. The first-order chi connectivity index (χ1) is 4.16. The van der Waals surface area contributed by atoms with Crippen LogP contribution in [0.5, 0.6) is 0 Å². The van der Waals surface area contributed by atoms with Gasteiger partial charge in [0.25, 0.3) is 0 Å². The maximum Gasteiger partial charge on any atom is 0.0684 e. The highest BCUT2D eigenvalue weighted by Crippen LogP contribution is 1.98. The maximum atomic E-state index is 8.92. The zero-order valence-corrected chi connectivity index (χ0v) is 5.54. The van der Waals surface area contributed by atoms with E-state index < -0.39 is 6.10 Å². The molecule has 0 aromatic heterocycles. The van der Waals surface area contributed by atoms with Crippen molar-refractivity contribution in [2.24, 2.45) is 5.73 Å². The van der Waals surface area contributed by atoms with Crippen LogP contribution in [0.2, 0.25) is 0 Å². The van der Waals surface area contributed by atoms with E-state index in [1.54, 1.807) is 6.92 Å². The van der Waals surface area contributed by atoms with E-state index >= 15 is 0 Å². The third-order valence-electron chi connectivity index (χ3n) is 0.971. The van der Waals surface area contributed by atoms with Gasteiger partial charge in [-0.1, -0.05) is 0 Å². The normalized spacial score (nSPS) is 16.2. The summed E-state index contributed by atoms with van der Waals surface area (Å²) in [6.45, 7) is 1.81. The maximum absolute atomic E-state index is 8.92. The molecule has 0 amide bonds. The van der Waals surface area contributed by atoms with Gasteiger partial charge in [0.2, 0.25) is 0 Å². The van der Waals surface area contributed by atoms with E-state index in [4.69, 9.17) is 16.1 Å². The molecule has 3 heteroatoms. The molecule has 0 aliphatic carbocycles. The van der Waals surface area contributed by atoms with Crippen LogP contribution in [0.3, 0.4) is 0 Å². The number of nitrogens with two attached hydrogens (primary N) is 1. The van der Waals surface area contributed by atoms with E-state index in [-0.39, 0.29) is 12.5 Å². The zero-order valence-electron chi connectivity index (χ0n) is 5.54. The fraction of sp³-hybridized carbons (Fsp3) is 0.833. The molecular formula is C6H12N2O. The fourth-order valence-electron chi connectivity index (χ4n) is 0.618. The Morgan fingerprint density at radius 3 is 2.67 bits per heavy atom. The lowest BCUT2D eigenvalue weighted by Crippen LogP contribution is -2.22. The zero-order chi connectivity index (χ0) is 7.28. The van der Waals surface area contributed by atoms with Gasteiger partial charge in [0.1, 0.15) is 0 Å². The van der Waals surface area contributed by atoms with Crippen LogP contribution in [0.1, 0.15) is 19.8 Å². The van der Waals surface area contributed by atoms with E-state index in [2.05, 4.69) is 0 Å². The van der Waals surface area contributed by atoms with Gasteiger partial charge in [0.15, 0.2) is 0 Å². The molecule has 3 nitrogen and oxygen atoms in total. The van der Waals surface area contributed by atoms with Gasteiger partial charge in [-0.2, -0.15) is 5.26 Å². The number of aliphatic hydroxyl groups is 1. The predicted molar refractivity (Wildman–Crippen MR) is 34.5 cm³/mol. The number of nitrogens with zero attached hydrogens (tertiary/aromatic N) is 1. The van der Waals surface area contributed by atoms with E-state index in [1.165, 1.54) is 0 Å². The van der Waals surface area contributed by atoms with Crippen molar-refractivity contribution in [3.8, 4) is 6.07 Å². The van der Waals surface area contributed by atoms with Crippen LogP contribution < -0.4 is 5.73 Å². The van der Waals surface area contributed by atoms with Crippen LogP contribution >= 0.6 is 0 Å². The van der Waals surface area contributed by atoms with Gasteiger partial charge in [0, 0.05) is 6.04 Å². The third-order valence-corrected chi connectivity index (χ3v) is 0.971. The van der Waals surface area contributed by atoms with Crippen molar-refractivity contribution in [3.63, 3.8) is 0 Å². The first-order valence-electron chi connectivity index (χ1n) is 2.97. The predicted octanol–water partition coefficient (Wildman–Crippen LogP) is -0.00172. The number of hydrogen-bond acceptors (Lipinski definition) is 3. The summed E-state index contributed by atoms with van der Waals surface area (Å²) in [4.78, 5) is 0. The second kappa shape index (κ2) is 4.30. The molecule has 0 aromatic rings.